The Morgan fingerprint density at radius 1 is 1.37 bits per heavy atom. The zero-order valence-corrected chi connectivity index (χ0v) is 10.8. The van der Waals surface area contributed by atoms with Crippen molar-refractivity contribution in [3.05, 3.63) is 41.5 Å². The van der Waals surface area contributed by atoms with Gasteiger partial charge < -0.3 is 16.5 Å². The van der Waals surface area contributed by atoms with Gasteiger partial charge in [-0.15, -0.1) is 11.3 Å². The number of thiophene rings is 1. The average Bonchev–Trinajstić information content (AvgIpc) is 3.03. The van der Waals surface area contributed by atoms with E-state index in [1.54, 1.807) is 6.20 Å². The number of nitrogens with zero attached hydrogens (tertiary/aromatic N) is 1. The zero-order chi connectivity index (χ0) is 13.4. The number of amides is 1. The Morgan fingerprint density at radius 2 is 2.21 bits per heavy atom. The standard InChI is InChI=1S/C13H12N4OS/c14-11(12(15)18)10-4-3-9(19-10)8-6-17-13-7(8)2-1-5-16-13/h1-6,11H,14H2,(H2,15,18)(H,16,17). The third-order valence-corrected chi connectivity index (χ3v) is 4.16. The van der Waals surface area contributed by atoms with Crippen LogP contribution in [0.5, 0.6) is 0 Å². The van der Waals surface area contributed by atoms with Crippen LogP contribution < -0.4 is 11.5 Å². The lowest BCUT2D eigenvalue weighted by molar-refractivity contribution is -0.119. The second-order valence-corrected chi connectivity index (χ2v) is 5.30. The fourth-order valence-electron chi connectivity index (χ4n) is 1.96. The lowest BCUT2D eigenvalue weighted by Gasteiger charge is -2.02. The van der Waals surface area contributed by atoms with Gasteiger partial charge in [-0.05, 0) is 24.3 Å². The van der Waals surface area contributed by atoms with Crippen molar-refractivity contribution in [3.8, 4) is 10.4 Å². The number of carbonyl (C=O) groups is 1. The molecule has 19 heavy (non-hydrogen) atoms. The minimum atomic E-state index is -0.748. The van der Waals surface area contributed by atoms with E-state index in [0.29, 0.717) is 0 Å². The number of H-pyrrole nitrogens is 1. The normalized spacial score (nSPS) is 12.7. The van der Waals surface area contributed by atoms with E-state index in [9.17, 15) is 4.79 Å². The Labute approximate surface area is 113 Å². The summed E-state index contributed by atoms with van der Waals surface area (Å²) in [6.07, 6.45) is 3.65. The second-order valence-electron chi connectivity index (χ2n) is 4.18. The zero-order valence-electron chi connectivity index (χ0n) is 9.96. The molecular weight excluding hydrogens is 260 g/mol. The molecule has 0 bridgehead atoms. The molecule has 0 spiro atoms. The van der Waals surface area contributed by atoms with Gasteiger partial charge in [0.05, 0.1) is 0 Å². The van der Waals surface area contributed by atoms with Crippen LogP contribution in [0.3, 0.4) is 0 Å². The summed E-state index contributed by atoms with van der Waals surface area (Å²) < 4.78 is 0. The first-order valence-electron chi connectivity index (χ1n) is 5.74. The number of fused-ring (bicyclic) bond motifs is 1. The number of carbonyl (C=O) groups excluding carboxylic acids is 1. The third kappa shape index (κ3) is 2.00. The Kier molecular flexibility index (Phi) is 2.81. The number of hydrogen-bond acceptors (Lipinski definition) is 4. The minimum absolute atomic E-state index is 0.519. The van der Waals surface area contributed by atoms with E-state index in [2.05, 4.69) is 9.97 Å². The summed E-state index contributed by atoms with van der Waals surface area (Å²) in [6, 6.07) is 6.93. The first-order valence-corrected chi connectivity index (χ1v) is 6.55. The van der Waals surface area contributed by atoms with Gasteiger partial charge in [-0.25, -0.2) is 4.98 Å². The SMILES string of the molecule is NC(=O)C(N)c1ccc(-c2c[nH]c3ncccc23)s1. The molecule has 5 nitrogen and oxygen atoms in total. The van der Waals surface area contributed by atoms with Gasteiger partial charge in [0.2, 0.25) is 5.91 Å². The van der Waals surface area contributed by atoms with Crippen molar-refractivity contribution >= 4 is 28.3 Å². The fourth-order valence-corrected chi connectivity index (χ4v) is 3.01. The van der Waals surface area contributed by atoms with Crippen LogP contribution in [-0.2, 0) is 4.79 Å². The van der Waals surface area contributed by atoms with Crippen molar-refractivity contribution in [2.45, 2.75) is 6.04 Å². The molecule has 0 radical (unpaired) electrons. The molecule has 1 amide bonds. The predicted molar refractivity (Wildman–Crippen MR) is 75.5 cm³/mol. The average molecular weight is 272 g/mol. The first-order chi connectivity index (χ1) is 9.16. The molecule has 0 aromatic carbocycles. The summed E-state index contributed by atoms with van der Waals surface area (Å²) in [5.74, 6) is -0.519. The Bertz CT molecular complexity index is 746. The lowest BCUT2D eigenvalue weighted by atomic mass is 10.2. The predicted octanol–water partition coefficient (Wildman–Crippen LogP) is 1.78. The van der Waals surface area contributed by atoms with Gasteiger partial charge in [0.25, 0.3) is 0 Å². The van der Waals surface area contributed by atoms with Gasteiger partial charge in [-0.2, -0.15) is 0 Å². The van der Waals surface area contributed by atoms with Gasteiger partial charge in [-0.3, -0.25) is 4.79 Å². The maximum Gasteiger partial charge on any atom is 0.239 e. The van der Waals surface area contributed by atoms with Crippen molar-refractivity contribution in [1.29, 1.82) is 0 Å². The summed E-state index contributed by atoms with van der Waals surface area (Å²) in [7, 11) is 0. The van der Waals surface area contributed by atoms with Crippen molar-refractivity contribution < 1.29 is 4.79 Å². The smallest absolute Gasteiger partial charge is 0.239 e. The molecule has 96 valence electrons. The molecule has 0 aliphatic carbocycles. The van der Waals surface area contributed by atoms with E-state index in [-0.39, 0.29) is 0 Å². The van der Waals surface area contributed by atoms with Gasteiger partial charge >= 0.3 is 0 Å². The molecule has 1 atom stereocenters. The molecule has 3 aromatic rings. The Hall–Kier alpha value is -2.18. The molecule has 3 heterocycles. The highest BCUT2D eigenvalue weighted by atomic mass is 32.1. The molecule has 0 aliphatic rings. The highest BCUT2D eigenvalue weighted by Crippen LogP contribution is 2.34. The van der Waals surface area contributed by atoms with E-state index in [0.717, 1.165) is 26.4 Å². The molecule has 6 heteroatoms. The molecule has 5 N–H and O–H groups in total. The maximum atomic E-state index is 11.1. The van der Waals surface area contributed by atoms with Crippen molar-refractivity contribution in [2.75, 3.05) is 0 Å². The molecule has 0 fully saturated rings. The molecule has 1 unspecified atom stereocenters. The number of nitrogens with one attached hydrogen (secondary N) is 1. The van der Waals surface area contributed by atoms with Gasteiger partial charge in [0.15, 0.2) is 0 Å². The molecule has 0 saturated heterocycles. The molecule has 3 rings (SSSR count). The van der Waals surface area contributed by atoms with Crippen molar-refractivity contribution in [3.63, 3.8) is 0 Å². The minimum Gasteiger partial charge on any atom is -0.368 e. The van der Waals surface area contributed by atoms with Crippen LogP contribution in [0.4, 0.5) is 0 Å². The molecule has 0 aliphatic heterocycles. The quantitative estimate of drug-likeness (QED) is 0.677. The topological polar surface area (TPSA) is 97.8 Å². The van der Waals surface area contributed by atoms with Crippen LogP contribution in [0.2, 0.25) is 0 Å². The fraction of sp³-hybridized carbons (Fsp3) is 0.0769. The second kappa shape index (κ2) is 4.49. The summed E-state index contributed by atoms with van der Waals surface area (Å²) >= 11 is 1.47. The molecule has 0 saturated carbocycles. The van der Waals surface area contributed by atoms with Crippen LogP contribution in [0, 0.1) is 0 Å². The maximum absolute atomic E-state index is 11.1. The summed E-state index contributed by atoms with van der Waals surface area (Å²) in [5, 5.41) is 1.04. The van der Waals surface area contributed by atoms with E-state index in [1.165, 1.54) is 11.3 Å². The van der Waals surface area contributed by atoms with E-state index >= 15 is 0 Å². The molecular formula is C13H12N4OS. The highest BCUT2D eigenvalue weighted by molar-refractivity contribution is 7.15. The Morgan fingerprint density at radius 3 is 3.00 bits per heavy atom. The number of aromatic nitrogens is 2. The van der Waals surface area contributed by atoms with Crippen LogP contribution >= 0.6 is 11.3 Å². The third-order valence-electron chi connectivity index (χ3n) is 2.96. The number of aromatic amines is 1. The largest absolute Gasteiger partial charge is 0.368 e. The molecule has 3 aromatic heterocycles. The lowest BCUT2D eigenvalue weighted by Crippen LogP contribution is -2.27. The Balaban J connectivity index is 2.05. The highest BCUT2D eigenvalue weighted by Gasteiger charge is 2.16. The summed E-state index contributed by atoms with van der Waals surface area (Å²) in [6.45, 7) is 0. The van der Waals surface area contributed by atoms with E-state index < -0.39 is 11.9 Å². The van der Waals surface area contributed by atoms with Crippen LogP contribution in [0.15, 0.2) is 36.7 Å². The van der Waals surface area contributed by atoms with Crippen molar-refractivity contribution in [2.24, 2.45) is 11.5 Å². The van der Waals surface area contributed by atoms with Gasteiger partial charge in [-0.1, -0.05) is 0 Å². The monoisotopic (exact) mass is 272 g/mol. The van der Waals surface area contributed by atoms with E-state index in [4.69, 9.17) is 11.5 Å². The first kappa shape index (κ1) is 11.9. The number of primary amides is 1. The van der Waals surface area contributed by atoms with Crippen LogP contribution in [0.25, 0.3) is 21.5 Å². The number of hydrogen-bond donors (Lipinski definition) is 3. The van der Waals surface area contributed by atoms with Crippen LogP contribution in [-0.4, -0.2) is 15.9 Å². The summed E-state index contributed by atoms with van der Waals surface area (Å²) in [5.41, 5.74) is 12.8. The number of pyridine rings is 1. The van der Waals surface area contributed by atoms with Crippen LogP contribution in [0.1, 0.15) is 10.9 Å². The summed E-state index contributed by atoms with van der Waals surface area (Å²) in [4.78, 5) is 20.3. The van der Waals surface area contributed by atoms with E-state index in [1.807, 2.05) is 30.5 Å². The van der Waals surface area contributed by atoms with Crippen molar-refractivity contribution in [1.82, 2.24) is 9.97 Å². The number of rotatable bonds is 3. The number of nitrogens with two attached hydrogens (primary N) is 2. The van der Waals surface area contributed by atoms with Gasteiger partial charge in [0.1, 0.15) is 11.7 Å². The van der Waals surface area contributed by atoms with Gasteiger partial charge in [0, 0.05) is 33.1 Å².